The molecule has 0 aliphatic carbocycles. The standard InChI is InChI=1S/C44H52N2O3/c1-7-10-19-33(9-3)30-46-32(5)42(37-23-16-18-25-40(37)46)44(38-24-17-15-22-36(38)43(47)49-44)39-27-26-35(29-41(39)48-6)45(28-11-8-2)31(4)34-20-13-12-14-21-34/h12-18,20-27,29,31,33H,7-11,19,28,30H2,1-6H3/t31?,33?,44-/m1/s1. The summed E-state index contributed by atoms with van der Waals surface area (Å²) < 4.78 is 15.5. The average molecular weight is 657 g/mol. The maximum atomic E-state index is 13.9. The minimum atomic E-state index is -1.18. The second-order valence-electron chi connectivity index (χ2n) is 13.6. The number of carbonyl (C=O) groups excluding carboxylic acids is 1. The Bertz CT molecular complexity index is 1890. The molecule has 256 valence electrons. The second-order valence-corrected chi connectivity index (χ2v) is 13.6. The van der Waals surface area contributed by atoms with Crippen LogP contribution in [0.15, 0.2) is 97.1 Å². The summed E-state index contributed by atoms with van der Waals surface area (Å²) in [6, 6.07) is 33.8. The fourth-order valence-corrected chi connectivity index (χ4v) is 7.96. The van der Waals surface area contributed by atoms with Crippen LogP contribution >= 0.6 is 0 Å². The first-order chi connectivity index (χ1) is 23.9. The fraction of sp³-hybridized carbons (Fsp3) is 0.386. The Hall–Kier alpha value is -4.51. The van der Waals surface area contributed by atoms with Crippen molar-refractivity contribution in [3.05, 3.63) is 131 Å². The van der Waals surface area contributed by atoms with Crippen molar-refractivity contribution >= 4 is 22.6 Å². The first-order valence-corrected chi connectivity index (χ1v) is 18.3. The largest absolute Gasteiger partial charge is 0.496 e. The van der Waals surface area contributed by atoms with Crippen molar-refractivity contribution in [1.29, 1.82) is 0 Å². The molecule has 5 nitrogen and oxygen atoms in total. The van der Waals surface area contributed by atoms with Crippen LogP contribution in [0, 0.1) is 12.8 Å². The van der Waals surface area contributed by atoms with E-state index in [-0.39, 0.29) is 12.0 Å². The summed E-state index contributed by atoms with van der Waals surface area (Å²) in [6.07, 6.45) is 6.91. The lowest BCUT2D eigenvalue weighted by Gasteiger charge is -2.35. The molecule has 2 heterocycles. The van der Waals surface area contributed by atoms with Crippen LogP contribution in [-0.2, 0) is 16.9 Å². The third-order valence-corrected chi connectivity index (χ3v) is 10.7. The van der Waals surface area contributed by atoms with E-state index in [1.165, 1.54) is 30.3 Å². The summed E-state index contributed by atoms with van der Waals surface area (Å²) in [5, 5.41) is 1.10. The van der Waals surface area contributed by atoms with Crippen LogP contribution in [0.5, 0.6) is 5.75 Å². The summed E-state index contributed by atoms with van der Waals surface area (Å²) in [7, 11) is 1.73. The van der Waals surface area contributed by atoms with E-state index in [1.807, 2.05) is 18.2 Å². The molecular formula is C44H52N2O3. The van der Waals surface area contributed by atoms with Crippen LogP contribution in [-0.4, -0.2) is 24.2 Å². The Morgan fingerprint density at radius 3 is 2.31 bits per heavy atom. The Labute approximate surface area is 292 Å². The molecule has 1 aliphatic rings. The number of cyclic esters (lactones) is 1. The Balaban J connectivity index is 1.57. The van der Waals surface area contributed by atoms with Crippen molar-refractivity contribution in [2.24, 2.45) is 5.92 Å². The smallest absolute Gasteiger partial charge is 0.340 e. The SMILES string of the molecule is CCCCC(CC)Cn1c(C)c([C@@]2(c3ccc(N(CCCC)C(C)c4ccccc4)cc3OC)OC(=O)c3ccccc32)c2ccccc21. The zero-order valence-corrected chi connectivity index (χ0v) is 30.2. The van der Waals surface area contributed by atoms with Crippen LogP contribution < -0.4 is 9.64 Å². The Morgan fingerprint density at radius 1 is 0.857 bits per heavy atom. The molecule has 3 atom stereocenters. The number of para-hydroxylation sites is 1. The van der Waals surface area contributed by atoms with Crippen LogP contribution in [0.25, 0.3) is 10.9 Å². The van der Waals surface area contributed by atoms with E-state index in [0.717, 1.165) is 65.8 Å². The molecule has 0 spiro atoms. The van der Waals surface area contributed by atoms with Gasteiger partial charge in [-0.1, -0.05) is 113 Å². The molecule has 0 saturated carbocycles. The van der Waals surface area contributed by atoms with Gasteiger partial charge in [0.25, 0.3) is 0 Å². The van der Waals surface area contributed by atoms with Crippen molar-refractivity contribution in [3.63, 3.8) is 0 Å². The van der Waals surface area contributed by atoms with E-state index < -0.39 is 5.60 Å². The van der Waals surface area contributed by atoms with Crippen molar-refractivity contribution in [3.8, 4) is 5.75 Å². The molecule has 6 rings (SSSR count). The molecule has 5 aromatic rings. The van der Waals surface area contributed by atoms with E-state index in [4.69, 9.17) is 9.47 Å². The molecule has 4 aromatic carbocycles. The topological polar surface area (TPSA) is 43.7 Å². The molecule has 0 N–H and O–H groups in total. The van der Waals surface area contributed by atoms with Gasteiger partial charge in [0.15, 0.2) is 5.60 Å². The molecular weight excluding hydrogens is 604 g/mol. The lowest BCUT2D eigenvalue weighted by molar-refractivity contribution is 0.0247. The van der Waals surface area contributed by atoms with Gasteiger partial charge in [-0.15, -0.1) is 0 Å². The summed E-state index contributed by atoms with van der Waals surface area (Å²) in [5.41, 5.74) is 6.76. The maximum Gasteiger partial charge on any atom is 0.340 e. The van der Waals surface area contributed by atoms with Crippen LogP contribution in [0.2, 0.25) is 0 Å². The highest BCUT2D eigenvalue weighted by Gasteiger charge is 2.52. The van der Waals surface area contributed by atoms with Gasteiger partial charge in [-0.25, -0.2) is 4.79 Å². The summed E-state index contributed by atoms with van der Waals surface area (Å²) in [6.45, 7) is 13.1. The van der Waals surface area contributed by atoms with Crippen LogP contribution in [0.1, 0.15) is 111 Å². The molecule has 0 amide bonds. The fourth-order valence-electron chi connectivity index (χ4n) is 7.96. The summed E-state index contributed by atoms with van der Waals surface area (Å²) >= 11 is 0. The van der Waals surface area contributed by atoms with E-state index in [9.17, 15) is 4.79 Å². The predicted molar refractivity (Wildman–Crippen MR) is 202 cm³/mol. The highest BCUT2D eigenvalue weighted by Crippen LogP contribution is 2.54. The maximum absolute atomic E-state index is 13.9. The van der Waals surface area contributed by atoms with Crippen molar-refractivity contribution in [1.82, 2.24) is 4.57 Å². The van der Waals surface area contributed by atoms with Gasteiger partial charge in [-0.3, -0.25) is 0 Å². The number of nitrogens with zero attached hydrogens (tertiary/aromatic N) is 2. The van der Waals surface area contributed by atoms with Gasteiger partial charge >= 0.3 is 5.97 Å². The molecule has 5 heteroatoms. The second kappa shape index (κ2) is 14.9. The number of ether oxygens (including phenoxy) is 2. The Morgan fingerprint density at radius 2 is 1.57 bits per heavy atom. The summed E-state index contributed by atoms with van der Waals surface area (Å²) in [4.78, 5) is 16.3. The number of methoxy groups -OCH3 is 1. The predicted octanol–water partition coefficient (Wildman–Crippen LogP) is 11.0. The molecule has 49 heavy (non-hydrogen) atoms. The van der Waals surface area contributed by atoms with Gasteiger partial charge in [-0.2, -0.15) is 0 Å². The molecule has 0 saturated heterocycles. The first-order valence-electron chi connectivity index (χ1n) is 18.3. The number of hydrogen-bond acceptors (Lipinski definition) is 4. The first kappa shape index (κ1) is 34.4. The number of carbonyl (C=O) groups is 1. The van der Waals surface area contributed by atoms with Gasteiger partial charge < -0.3 is 18.9 Å². The monoisotopic (exact) mass is 656 g/mol. The number of anilines is 1. The van der Waals surface area contributed by atoms with Gasteiger partial charge in [-0.05, 0) is 62.4 Å². The molecule has 2 unspecified atom stereocenters. The molecule has 0 fully saturated rings. The lowest BCUT2D eigenvalue weighted by Crippen LogP contribution is -2.32. The number of esters is 1. The highest BCUT2D eigenvalue weighted by molar-refractivity contribution is 5.99. The minimum absolute atomic E-state index is 0.168. The normalized spacial score (nSPS) is 16.7. The zero-order valence-electron chi connectivity index (χ0n) is 30.2. The van der Waals surface area contributed by atoms with Gasteiger partial charge in [0, 0.05) is 58.1 Å². The van der Waals surface area contributed by atoms with Gasteiger partial charge in [0.05, 0.1) is 18.7 Å². The molecule has 1 aliphatic heterocycles. The van der Waals surface area contributed by atoms with E-state index in [2.05, 4.69) is 123 Å². The number of fused-ring (bicyclic) bond motifs is 2. The molecule has 0 bridgehead atoms. The number of rotatable bonds is 15. The lowest BCUT2D eigenvalue weighted by atomic mass is 9.78. The molecule has 0 radical (unpaired) electrons. The van der Waals surface area contributed by atoms with Crippen LogP contribution in [0.4, 0.5) is 5.69 Å². The van der Waals surface area contributed by atoms with E-state index in [1.54, 1.807) is 7.11 Å². The van der Waals surface area contributed by atoms with E-state index >= 15 is 0 Å². The van der Waals surface area contributed by atoms with E-state index in [0.29, 0.717) is 17.2 Å². The van der Waals surface area contributed by atoms with Gasteiger partial charge in [0.1, 0.15) is 5.75 Å². The number of benzene rings is 4. The third-order valence-electron chi connectivity index (χ3n) is 10.7. The van der Waals surface area contributed by atoms with Crippen LogP contribution in [0.3, 0.4) is 0 Å². The van der Waals surface area contributed by atoms with Crippen molar-refractivity contribution in [2.45, 2.75) is 91.3 Å². The Kier molecular flexibility index (Phi) is 10.5. The average Bonchev–Trinajstić information content (AvgIpc) is 3.60. The third kappa shape index (κ3) is 6.24. The number of aromatic nitrogens is 1. The summed E-state index contributed by atoms with van der Waals surface area (Å²) in [5.74, 6) is 0.954. The highest BCUT2D eigenvalue weighted by atomic mass is 16.6. The molecule has 1 aromatic heterocycles. The van der Waals surface area contributed by atoms with Crippen molar-refractivity contribution in [2.75, 3.05) is 18.6 Å². The number of hydrogen-bond donors (Lipinski definition) is 0. The number of unbranched alkanes of at least 4 members (excludes halogenated alkanes) is 2. The minimum Gasteiger partial charge on any atom is -0.496 e. The quantitative estimate of drug-likeness (QED) is 0.105. The van der Waals surface area contributed by atoms with Gasteiger partial charge in [0.2, 0.25) is 0 Å². The zero-order chi connectivity index (χ0) is 34.5. The van der Waals surface area contributed by atoms with Crippen molar-refractivity contribution < 1.29 is 14.3 Å².